The maximum atomic E-state index is 11.1. The van der Waals surface area contributed by atoms with E-state index >= 15 is 0 Å². The molecule has 1 rings (SSSR count). The van der Waals surface area contributed by atoms with Gasteiger partial charge in [-0.3, -0.25) is 4.79 Å². The van der Waals surface area contributed by atoms with E-state index < -0.39 is 6.10 Å². The van der Waals surface area contributed by atoms with Crippen molar-refractivity contribution in [1.29, 1.82) is 0 Å². The molecule has 0 aromatic heterocycles. The molecule has 1 unspecified atom stereocenters. The molecule has 4 nitrogen and oxygen atoms in total. The van der Waals surface area contributed by atoms with Crippen LogP contribution < -0.4 is 5.32 Å². The van der Waals surface area contributed by atoms with Gasteiger partial charge in [-0.05, 0) is 31.6 Å². The molecule has 0 heterocycles. The quantitative estimate of drug-likeness (QED) is 0.602. The van der Waals surface area contributed by atoms with Crippen LogP contribution in [-0.2, 0) is 9.53 Å². The highest BCUT2D eigenvalue weighted by molar-refractivity contribution is 5.69. The summed E-state index contributed by atoms with van der Waals surface area (Å²) in [6.07, 6.45) is 4.51. The molecule has 1 atom stereocenters. The molecule has 1 fully saturated rings. The third kappa shape index (κ3) is 5.50. The Labute approximate surface area is 104 Å². The summed E-state index contributed by atoms with van der Waals surface area (Å²) in [4.78, 5) is 11.1. The normalized spacial score (nSPS) is 18.8. The van der Waals surface area contributed by atoms with Crippen LogP contribution in [-0.4, -0.2) is 36.9 Å². The van der Waals surface area contributed by atoms with Gasteiger partial charge in [-0.25, -0.2) is 0 Å². The number of ether oxygens (including phenoxy) is 1. The molecule has 2 N–H and O–H groups in total. The van der Waals surface area contributed by atoms with E-state index in [9.17, 15) is 9.90 Å². The molecule has 0 aliphatic heterocycles. The minimum atomic E-state index is -0.633. The zero-order valence-corrected chi connectivity index (χ0v) is 11.0. The van der Waals surface area contributed by atoms with Gasteiger partial charge in [0.05, 0.1) is 19.1 Å². The van der Waals surface area contributed by atoms with Crippen molar-refractivity contribution >= 4 is 5.97 Å². The average Bonchev–Trinajstić information content (AvgIpc) is 2.99. The number of aliphatic hydroxyl groups is 1. The zero-order chi connectivity index (χ0) is 12.7. The fourth-order valence-corrected chi connectivity index (χ4v) is 2.21. The van der Waals surface area contributed by atoms with Crippen LogP contribution >= 0.6 is 0 Å². The van der Waals surface area contributed by atoms with E-state index in [-0.39, 0.29) is 12.4 Å². The second-order valence-corrected chi connectivity index (χ2v) is 5.04. The summed E-state index contributed by atoms with van der Waals surface area (Å²) < 4.78 is 4.78. The Balaban J connectivity index is 2.08. The van der Waals surface area contributed by atoms with E-state index in [1.807, 2.05) is 0 Å². The second-order valence-electron chi connectivity index (χ2n) is 5.04. The van der Waals surface area contributed by atoms with Crippen LogP contribution in [0.4, 0.5) is 0 Å². The lowest BCUT2D eigenvalue weighted by molar-refractivity contribution is -0.145. The number of aliphatic hydroxyl groups excluding tert-OH is 1. The van der Waals surface area contributed by atoms with Gasteiger partial charge in [0.2, 0.25) is 0 Å². The number of esters is 1. The largest absolute Gasteiger partial charge is 0.466 e. The van der Waals surface area contributed by atoms with E-state index in [4.69, 9.17) is 4.74 Å². The molecular weight excluding hydrogens is 218 g/mol. The highest BCUT2D eigenvalue weighted by Crippen LogP contribution is 2.48. The molecule has 0 aromatic carbocycles. The van der Waals surface area contributed by atoms with Crippen LogP contribution in [0.5, 0.6) is 0 Å². The number of nitrogens with one attached hydrogen (secondary N) is 1. The molecule has 0 aromatic rings. The maximum Gasteiger partial charge on any atom is 0.308 e. The van der Waals surface area contributed by atoms with Crippen LogP contribution in [0.25, 0.3) is 0 Å². The Morgan fingerprint density at radius 1 is 1.47 bits per heavy atom. The van der Waals surface area contributed by atoms with Gasteiger partial charge in [-0.1, -0.05) is 13.3 Å². The molecule has 1 aliphatic rings. The van der Waals surface area contributed by atoms with Crippen LogP contribution in [0.3, 0.4) is 0 Å². The van der Waals surface area contributed by atoms with E-state index in [0.29, 0.717) is 18.6 Å². The third-order valence-electron chi connectivity index (χ3n) is 3.33. The molecule has 0 amide bonds. The number of carbonyl (C=O) groups excluding carboxylic acids is 1. The second kappa shape index (κ2) is 6.97. The summed E-state index contributed by atoms with van der Waals surface area (Å²) >= 11 is 0. The van der Waals surface area contributed by atoms with E-state index in [0.717, 1.165) is 6.54 Å². The minimum absolute atomic E-state index is 0.0849. The van der Waals surface area contributed by atoms with E-state index in [2.05, 4.69) is 12.2 Å². The summed E-state index contributed by atoms with van der Waals surface area (Å²) in [6.45, 7) is 5.78. The summed E-state index contributed by atoms with van der Waals surface area (Å²) in [6, 6.07) is 0. The first kappa shape index (κ1) is 14.5. The molecule has 100 valence electrons. The van der Waals surface area contributed by atoms with E-state index in [1.165, 1.54) is 25.7 Å². The molecule has 1 saturated carbocycles. The molecule has 17 heavy (non-hydrogen) atoms. The Bertz CT molecular complexity index is 239. The van der Waals surface area contributed by atoms with Gasteiger partial charge in [0.1, 0.15) is 0 Å². The Hall–Kier alpha value is -0.610. The zero-order valence-electron chi connectivity index (χ0n) is 11.0. The first-order valence-electron chi connectivity index (χ1n) is 6.66. The number of carbonyl (C=O) groups is 1. The first-order valence-corrected chi connectivity index (χ1v) is 6.66. The molecule has 4 heteroatoms. The number of hydrogen-bond acceptors (Lipinski definition) is 4. The van der Waals surface area contributed by atoms with Gasteiger partial charge in [0, 0.05) is 13.1 Å². The van der Waals surface area contributed by atoms with Gasteiger partial charge < -0.3 is 15.2 Å². The Morgan fingerprint density at radius 3 is 2.71 bits per heavy atom. The lowest BCUT2D eigenvalue weighted by Gasteiger charge is -2.16. The van der Waals surface area contributed by atoms with Crippen molar-refractivity contribution in [2.24, 2.45) is 5.41 Å². The molecule has 0 radical (unpaired) electrons. The van der Waals surface area contributed by atoms with Gasteiger partial charge in [-0.15, -0.1) is 0 Å². The van der Waals surface area contributed by atoms with Crippen molar-refractivity contribution in [2.75, 3.05) is 19.7 Å². The van der Waals surface area contributed by atoms with E-state index in [1.54, 1.807) is 6.92 Å². The highest BCUT2D eigenvalue weighted by Gasteiger charge is 2.40. The summed E-state index contributed by atoms with van der Waals surface area (Å²) in [7, 11) is 0. The molecular formula is C13H25NO3. The van der Waals surface area contributed by atoms with Crippen LogP contribution in [0, 0.1) is 5.41 Å². The van der Waals surface area contributed by atoms with Crippen LogP contribution in [0.2, 0.25) is 0 Å². The SMILES string of the molecule is CCCC1(CNCC(O)CC(=O)OCC)CC1. The van der Waals surface area contributed by atoms with Gasteiger partial charge in [0.15, 0.2) is 0 Å². The molecule has 0 saturated heterocycles. The minimum Gasteiger partial charge on any atom is -0.466 e. The number of hydrogen-bond donors (Lipinski definition) is 2. The first-order chi connectivity index (χ1) is 8.12. The smallest absolute Gasteiger partial charge is 0.308 e. The fourth-order valence-electron chi connectivity index (χ4n) is 2.21. The lowest BCUT2D eigenvalue weighted by atomic mass is 10.0. The monoisotopic (exact) mass is 243 g/mol. The molecule has 0 bridgehead atoms. The highest BCUT2D eigenvalue weighted by atomic mass is 16.5. The molecule has 1 aliphatic carbocycles. The maximum absolute atomic E-state index is 11.1. The summed E-state index contributed by atoms with van der Waals surface area (Å²) in [5.74, 6) is -0.323. The topological polar surface area (TPSA) is 58.6 Å². The van der Waals surface area contributed by atoms with Crippen molar-refractivity contribution in [3.05, 3.63) is 0 Å². The lowest BCUT2D eigenvalue weighted by Crippen LogP contribution is -2.33. The molecule has 0 spiro atoms. The average molecular weight is 243 g/mol. The Kier molecular flexibility index (Phi) is 5.92. The van der Waals surface area contributed by atoms with Crippen molar-refractivity contribution in [3.63, 3.8) is 0 Å². The summed E-state index contributed by atoms with van der Waals surface area (Å²) in [5, 5.41) is 12.9. The van der Waals surface area contributed by atoms with Crippen molar-refractivity contribution in [2.45, 2.75) is 52.1 Å². The van der Waals surface area contributed by atoms with Crippen molar-refractivity contribution in [3.8, 4) is 0 Å². The fraction of sp³-hybridized carbons (Fsp3) is 0.923. The van der Waals surface area contributed by atoms with Gasteiger partial charge >= 0.3 is 5.97 Å². The number of rotatable bonds is 9. The third-order valence-corrected chi connectivity index (χ3v) is 3.33. The van der Waals surface area contributed by atoms with Crippen LogP contribution in [0.1, 0.15) is 46.0 Å². The van der Waals surface area contributed by atoms with Gasteiger partial charge in [-0.2, -0.15) is 0 Å². The van der Waals surface area contributed by atoms with Gasteiger partial charge in [0.25, 0.3) is 0 Å². The standard InChI is InChI=1S/C13H25NO3/c1-3-5-13(6-7-13)10-14-9-11(15)8-12(16)17-4-2/h11,14-15H,3-10H2,1-2H3. The van der Waals surface area contributed by atoms with Crippen LogP contribution in [0.15, 0.2) is 0 Å². The summed E-state index contributed by atoms with van der Waals surface area (Å²) in [5.41, 5.74) is 0.485. The predicted molar refractivity (Wildman–Crippen MR) is 66.7 cm³/mol. The Morgan fingerprint density at radius 2 is 2.18 bits per heavy atom. The van der Waals surface area contributed by atoms with Crippen molar-refractivity contribution in [1.82, 2.24) is 5.32 Å². The predicted octanol–water partition coefficient (Wildman–Crippen LogP) is 1.47. The van der Waals surface area contributed by atoms with Crippen molar-refractivity contribution < 1.29 is 14.6 Å².